The van der Waals surface area contributed by atoms with Crippen molar-refractivity contribution in [2.75, 3.05) is 25.4 Å². The lowest BCUT2D eigenvalue weighted by Gasteiger charge is -2.31. The van der Waals surface area contributed by atoms with Crippen LogP contribution in [0.25, 0.3) is 10.9 Å². The molecule has 0 N–H and O–H groups in total. The van der Waals surface area contributed by atoms with Crippen molar-refractivity contribution in [1.29, 1.82) is 0 Å². The summed E-state index contributed by atoms with van der Waals surface area (Å²) in [4.78, 5) is 43.9. The molecule has 1 aliphatic rings. The summed E-state index contributed by atoms with van der Waals surface area (Å²) < 4.78 is 6.76. The number of amides is 1. The largest absolute Gasteiger partial charge is 0.466 e. The van der Waals surface area contributed by atoms with Crippen LogP contribution in [0.4, 0.5) is 0 Å². The molecule has 0 unspecified atom stereocenters. The molecule has 0 bridgehead atoms. The van der Waals surface area contributed by atoms with E-state index < -0.39 is 0 Å². The molecule has 1 aliphatic heterocycles. The molecule has 1 atom stereocenters. The lowest BCUT2D eigenvalue weighted by atomic mass is 9.98. The number of hydrogen-bond donors (Lipinski definition) is 0. The minimum Gasteiger partial charge on any atom is -0.466 e. The molecule has 2 heterocycles. The molecule has 1 aromatic heterocycles. The second-order valence-corrected chi connectivity index (χ2v) is 8.03. The van der Waals surface area contributed by atoms with Crippen molar-refractivity contribution in [3.63, 3.8) is 0 Å². The van der Waals surface area contributed by atoms with E-state index in [9.17, 15) is 14.4 Å². The molecule has 2 aromatic rings. The molecular formula is C21H27N3O4S. The number of para-hydroxylation sites is 1. The summed E-state index contributed by atoms with van der Waals surface area (Å²) >= 11 is 1.28. The number of carbonyl (C=O) groups is 2. The van der Waals surface area contributed by atoms with Crippen LogP contribution in [0.15, 0.2) is 34.2 Å². The van der Waals surface area contributed by atoms with Gasteiger partial charge in [0, 0.05) is 19.6 Å². The number of thioether (sulfide) groups is 1. The van der Waals surface area contributed by atoms with Gasteiger partial charge in [-0.3, -0.25) is 19.0 Å². The highest BCUT2D eigenvalue weighted by Crippen LogP contribution is 2.22. The Bertz CT molecular complexity index is 943. The van der Waals surface area contributed by atoms with E-state index in [1.54, 1.807) is 22.5 Å². The van der Waals surface area contributed by atoms with Crippen molar-refractivity contribution in [1.82, 2.24) is 14.5 Å². The predicted molar refractivity (Wildman–Crippen MR) is 113 cm³/mol. The van der Waals surface area contributed by atoms with Crippen molar-refractivity contribution in [2.24, 2.45) is 5.92 Å². The van der Waals surface area contributed by atoms with Crippen LogP contribution in [0, 0.1) is 5.92 Å². The van der Waals surface area contributed by atoms with Crippen LogP contribution in [0.1, 0.15) is 33.1 Å². The number of benzene rings is 1. The number of nitrogens with zero attached hydrogens (tertiary/aromatic N) is 3. The monoisotopic (exact) mass is 417 g/mol. The van der Waals surface area contributed by atoms with E-state index in [4.69, 9.17) is 4.74 Å². The van der Waals surface area contributed by atoms with Crippen LogP contribution in [0.3, 0.4) is 0 Å². The Balaban J connectivity index is 1.72. The number of esters is 1. The fourth-order valence-electron chi connectivity index (χ4n) is 3.55. The first-order valence-corrected chi connectivity index (χ1v) is 11.1. The van der Waals surface area contributed by atoms with Crippen LogP contribution in [-0.2, 0) is 20.9 Å². The van der Waals surface area contributed by atoms with E-state index in [0.29, 0.717) is 42.3 Å². The average Bonchev–Trinajstić information content (AvgIpc) is 2.74. The summed E-state index contributed by atoms with van der Waals surface area (Å²) in [6.07, 6.45) is 2.33. The summed E-state index contributed by atoms with van der Waals surface area (Å²) in [7, 11) is 0. The third-order valence-corrected chi connectivity index (χ3v) is 5.95. The van der Waals surface area contributed by atoms with Gasteiger partial charge in [-0.15, -0.1) is 0 Å². The molecule has 29 heavy (non-hydrogen) atoms. The first kappa shape index (κ1) is 21.4. The maximum atomic E-state index is 12.8. The van der Waals surface area contributed by atoms with Gasteiger partial charge in [-0.25, -0.2) is 4.98 Å². The second-order valence-electron chi connectivity index (χ2n) is 7.09. The Kier molecular flexibility index (Phi) is 7.30. The average molecular weight is 418 g/mol. The van der Waals surface area contributed by atoms with Gasteiger partial charge in [0.05, 0.1) is 29.2 Å². The normalized spacial score (nSPS) is 16.8. The highest BCUT2D eigenvalue weighted by atomic mass is 32.2. The maximum Gasteiger partial charge on any atom is 0.310 e. The molecule has 0 radical (unpaired) electrons. The zero-order chi connectivity index (χ0) is 20.8. The SMILES string of the molecule is CCCn1c(SCC(=O)N2CCC[C@H](C(=O)OCC)C2)nc2ccccc2c1=O. The van der Waals surface area contributed by atoms with E-state index in [0.717, 1.165) is 19.3 Å². The molecule has 3 rings (SSSR count). The highest BCUT2D eigenvalue weighted by molar-refractivity contribution is 7.99. The van der Waals surface area contributed by atoms with Crippen LogP contribution < -0.4 is 5.56 Å². The number of fused-ring (bicyclic) bond motifs is 1. The first-order chi connectivity index (χ1) is 14.0. The minimum absolute atomic E-state index is 0.0468. The number of ether oxygens (including phenoxy) is 1. The Morgan fingerprint density at radius 3 is 2.83 bits per heavy atom. The topological polar surface area (TPSA) is 81.5 Å². The molecule has 8 heteroatoms. The summed E-state index contributed by atoms with van der Waals surface area (Å²) in [6.45, 7) is 5.73. The number of rotatable bonds is 7. The van der Waals surface area contributed by atoms with Crippen molar-refractivity contribution in [3.05, 3.63) is 34.6 Å². The fourth-order valence-corrected chi connectivity index (χ4v) is 4.48. The number of aromatic nitrogens is 2. The number of hydrogen-bond acceptors (Lipinski definition) is 6. The molecule has 1 fully saturated rings. The molecule has 0 saturated carbocycles. The molecule has 0 spiro atoms. The number of piperidine rings is 1. The quantitative estimate of drug-likeness (QED) is 0.391. The Morgan fingerprint density at radius 2 is 2.07 bits per heavy atom. The Morgan fingerprint density at radius 1 is 1.28 bits per heavy atom. The van der Waals surface area contributed by atoms with E-state index >= 15 is 0 Å². The molecule has 0 aliphatic carbocycles. The predicted octanol–water partition coefficient (Wildman–Crippen LogP) is 2.70. The van der Waals surface area contributed by atoms with Crippen LogP contribution in [-0.4, -0.2) is 51.8 Å². The maximum absolute atomic E-state index is 12.8. The first-order valence-electron chi connectivity index (χ1n) is 10.1. The van der Waals surface area contributed by atoms with Gasteiger partial charge in [-0.1, -0.05) is 30.8 Å². The standard InChI is InChI=1S/C21H27N3O4S/c1-3-11-24-19(26)16-9-5-6-10-17(16)22-21(24)29-14-18(25)23-12-7-8-15(13-23)20(27)28-4-2/h5-6,9-10,15H,3-4,7-8,11-14H2,1-2H3/t15-/m0/s1. The van der Waals surface area contributed by atoms with Gasteiger partial charge in [0.2, 0.25) is 5.91 Å². The van der Waals surface area contributed by atoms with Gasteiger partial charge >= 0.3 is 5.97 Å². The van der Waals surface area contributed by atoms with Gasteiger partial charge in [0.1, 0.15) is 0 Å². The Labute approximate surface area is 174 Å². The second kappa shape index (κ2) is 9.91. The number of carbonyl (C=O) groups excluding carboxylic acids is 2. The smallest absolute Gasteiger partial charge is 0.310 e. The van der Waals surface area contributed by atoms with Gasteiger partial charge in [0.15, 0.2) is 5.16 Å². The van der Waals surface area contributed by atoms with E-state index in [1.807, 2.05) is 25.1 Å². The zero-order valence-electron chi connectivity index (χ0n) is 16.9. The van der Waals surface area contributed by atoms with Gasteiger partial charge < -0.3 is 9.64 Å². The van der Waals surface area contributed by atoms with Gasteiger partial charge in [-0.05, 0) is 38.3 Å². The molecule has 1 aromatic carbocycles. The summed E-state index contributed by atoms with van der Waals surface area (Å²) in [5.74, 6) is -0.348. The van der Waals surface area contributed by atoms with Crippen molar-refractivity contribution >= 4 is 34.5 Å². The lowest BCUT2D eigenvalue weighted by Crippen LogP contribution is -2.43. The summed E-state index contributed by atoms with van der Waals surface area (Å²) in [5.41, 5.74) is 0.563. The third kappa shape index (κ3) is 4.98. The zero-order valence-corrected chi connectivity index (χ0v) is 17.7. The van der Waals surface area contributed by atoms with Crippen molar-refractivity contribution in [3.8, 4) is 0 Å². The van der Waals surface area contributed by atoms with E-state index in [1.165, 1.54) is 11.8 Å². The van der Waals surface area contributed by atoms with Crippen LogP contribution in [0.2, 0.25) is 0 Å². The molecule has 7 nitrogen and oxygen atoms in total. The van der Waals surface area contributed by atoms with E-state index in [-0.39, 0.29) is 29.1 Å². The molecule has 1 saturated heterocycles. The van der Waals surface area contributed by atoms with Gasteiger partial charge in [-0.2, -0.15) is 0 Å². The summed E-state index contributed by atoms with van der Waals surface area (Å²) in [6, 6.07) is 7.27. The lowest BCUT2D eigenvalue weighted by molar-refractivity contribution is -0.151. The highest BCUT2D eigenvalue weighted by Gasteiger charge is 2.29. The molecule has 1 amide bonds. The third-order valence-electron chi connectivity index (χ3n) is 4.99. The minimum atomic E-state index is -0.255. The summed E-state index contributed by atoms with van der Waals surface area (Å²) in [5, 5.41) is 1.15. The Hall–Kier alpha value is -2.35. The fraction of sp³-hybridized carbons (Fsp3) is 0.524. The van der Waals surface area contributed by atoms with E-state index in [2.05, 4.69) is 4.98 Å². The van der Waals surface area contributed by atoms with Crippen molar-refractivity contribution < 1.29 is 14.3 Å². The van der Waals surface area contributed by atoms with Crippen LogP contribution >= 0.6 is 11.8 Å². The molecule has 156 valence electrons. The van der Waals surface area contributed by atoms with Gasteiger partial charge in [0.25, 0.3) is 5.56 Å². The molecular weight excluding hydrogens is 390 g/mol. The van der Waals surface area contributed by atoms with Crippen molar-refractivity contribution in [2.45, 2.75) is 44.8 Å². The van der Waals surface area contributed by atoms with Crippen LogP contribution in [0.5, 0.6) is 0 Å². The number of likely N-dealkylation sites (tertiary alicyclic amines) is 1.